The van der Waals surface area contributed by atoms with E-state index < -0.39 is 11.0 Å². The molecule has 1 heterocycles. The van der Waals surface area contributed by atoms with E-state index in [-0.39, 0.29) is 18.0 Å². The number of hydrogen-bond donors (Lipinski definition) is 1. The van der Waals surface area contributed by atoms with Crippen molar-refractivity contribution in [3.8, 4) is 5.75 Å². The van der Waals surface area contributed by atoms with Crippen LogP contribution >= 0.6 is 27.3 Å². The Morgan fingerprint density at radius 2 is 2.35 bits per heavy atom. The van der Waals surface area contributed by atoms with Crippen molar-refractivity contribution in [1.29, 1.82) is 0 Å². The van der Waals surface area contributed by atoms with Gasteiger partial charge < -0.3 is 9.84 Å². The van der Waals surface area contributed by atoms with E-state index in [1.165, 1.54) is 24.3 Å². The van der Waals surface area contributed by atoms with E-state index in [1.807, 2.05) is 0 Å². The zero-order chi connectivity index (χ0) is 14.7. The molecule has 2 aromatic rings. The maximum absolute atomic E-state index is 11.1. The lowest BCUT2D eigenvalue weighted by Crippen LogP contribution is -2.04. The SMILES string of the molecule is CC(O)c1cc(Br)cc([N+](=O)[O-])c1OCc1cscn1. The van der Waals surface area contributed by atoms with Gasteiger partial charge in [-0.3, -0.25) is 10.1 Å². The van der Waals surface area contributed by atoms with Gasteiger partial charge in [0, 0.05) is 21.5 Å². The molecule has 0 fully saturated rings. The molecule has 0 saturated heterocycles. The predicted octanol–water partition coefficient (Wildman–Crippen LogP) is 3.45. The summed E-state index contributed by atoms with van der Waals surface area (Å²) in [5.74, 6) is 0.0706. The number of aromatic nitrogens is 1. The first-order valence-corrected chi connectivity index (χ1v) is 7.38. The Morgan fingerprint density at radius 1 is 1.60 bits per heavy atom. The van der Waals surface area contributed by atoms with Crippen LogP contribution in [-0.2, 0) is 6.61 Å². The lowest BCUT2D eigenvalue weighted by Gasteiger charge is -2.13. The van der Waals surface area contributed by atoms with Gasteiger partial charge in [0.05, 0.1) is 22.2 Å². The molecule has 1 aromatic carbocycles. The van der Waals surface area contributed by atoms with Gasteiger partial charge in [0.25, 0.3) is 0 Å². The summed E-state index contributed by atoms with van der Waals surface area (Å²) in [7, 11) is 0. The third-order valence-electron chi connectivity index (χ3n) is 2.56. The Labute approximate surface area is 127 Å². The van der Waals surface area contributed by atoms with Crippen molar-refractivity contribution in [2.24, 2.45) is 0 Å². The molecule has 0 saturated carbocycles. The molecule has 0 aliphatic rings. The highest BCUT2D eigenvalue weighted by atomic mass is 79.9. The Kier molecular flexibility index (Phi) is 4.69. The summed E-state index contributed by atoms with van der Waals surface area (Å²) in [6, 6.07) is 2.95. The summed E-state index contributed by atoms with van der Waals surface area (Å²) in [4.78, 5) is 14.6. The number of aliphatic hydroxyl groups is 1. The van der Waals surface area contributed by atoms with Crippen LogP contribution in [0.25, 0.3) is 0 Å². The first-order chi connectivity index (χ1) is 9.49. The third kappa shape index (κ3) is 3.33. The molecule has 2 rings (SSSR count). The Balaban J connectivity index is 2.39. The van der Waals surface area contributed by atoms with E-state index in [1.54, 1.807) is 17.0 Å². The van der Waals surface area contributed by atoms with E-state index in [0.29, 0.717) is 15.7 Å². The van der Waals surface area contributed by atoms with Crippen LogP contribution in [0.15, 0.2) is 27.5 Å². The highest BCUT2D eigenvalue weighted by Crippen LogP contribution is 2.38. The predicted molar refractivity (Wildman–Crippen MR) is 77.9 cm³/mol. The van der Waals surface area contributed by atoms with Crippen LogP contribution in [0, 0.1) is 10.1 Å². The Hall–Kier alpha value is -1.51. The van der Waals surface area contributed by atoms with Crippen molar-refractivity contribution in [3.05, 3.63) is 48.9 Å². The van der Waals surface area contributed by atoms with E-state index >= 15 is 0 Å². The minimum absolute atomic E-state index is 0.0706. The van der Waals surface area contributed by atoms with Crippen LogP contribution in [-0.4, -0.2) is 15.0 Å². The summed E-state index contributed by atoms with van der Waals surface area (Å²) in [5.41, 5.74) is 2.51. The van der Waals surface area contributed by atoms with Gasteiger partial charge in [-0.1, -0.05) is 15.9 Å². The molecule has 0 amide bonds. The second-order valence-corrected chi connectivity index (χ2v) is 5.68. The summed E-state index contributed by atoms with van der Waals surface area (Å²) >= 11 is 4.61. The monoisotopic (exact) mass is 358 g/mol. The molecular formula is C12H11BrN2O4S. The molecule has 106 valence electrons. The molecule has 1 aromatic heterocycles. The standard InChI is InChI=1S/C12H11BrN2O4S/c1-7(16)10-2-8(13)3-11(15(17)18)12(10)19-4-9-5-20-6-14-9/h2-3,5-7,16H,4H2,1H3. The fraction of sp³-hybridized carbons (Fsp3) is 0.250. The number of hydrogen-bond acceptors (Lipinski definition) is 6. The van der Waals surface area contributed by atoms with Crippen molar-refractivity contribution >= 4 is 33.0 Å². The molecule has 0 spiro atoms. The molecule has 0 bridgehead atoms. The van der Waals surface area contributed by atoms with E-state index in [9.17, 15) is 15.2 Å². The van der Waals surface area contributed by atoms with Gasteiger partial charge in [0.2, 0.25) is 5.75 Å². The molecule has 1 unspecified atom stereocenters. The van der Waals surface area contributed by atoms with Gasteiger partial charge in [-0.2, -0.15) is 0 Å². The summed E-state index contributed by atoms with van der Waals surface area (Å²) in [5, 5.41) is 22.7. The normalized spacial score (nSPS) is 12.2. The van der Waals surface area contributed by atoms with Crippen LogP contribution in [0.1, 0.15) is 24.3 Å². The lowest BCUT2D eigenvalue weighted by molar-refractivity contribution is -0.386. The van der Waals surface area contributed by atoms with Crippen LogP contribution in [0.5, 0.6) is 5.75 Å². The van der Waals surface area contributed by atoms with E-state index in [2.05, 4.69) is 20.9 Å². The molecular weight excluding hydrogens is 348 g/mol. The molecule has 0 radical (unpaired) electrons. The smallest absolute Gasteiger partial charge is 0.312 e. The highest BCUT2D eigenvalue weighted by molar-refractivity contribution is 9.10. The maximum Gasteiger partial charge on any atom is 0.312 e. The van der Waals surface area contributed by atoms with Crippen LogP contribution in [0.2, 0.25) is 0 Å². The largest absolute Gasteiger partial charge is 0.480 e. The number of benzene rings is 1. The number of nitrogens with zero attached hydrogens (tertiary/aromatic N) is 2. The van der Waals surface area contributed by atoms with Crippen molar-refractivity contribution in [1.82, 2.24) is 4.98 Å². The lowest BCUT2D eigenvalue weighted by atomic mass is 10.1. The van der Waals surface area contributed by atoms with Crippen molar-refractivity contribution in [3.63, 3.8) is 0 Å². The quantitative estimate of drug-likeness (QED) is 0.653. The third-order valence-corrected chi connectivity index (χ3v) is 3.65. The van der Waals surface area contributed by atoms with Crippen LogP contribution in [0.3, 0.4) is 0 Å². The van der Waals surface area contributed by atoms with Crippen molar-refractivity contribution in [2.75, 3.05) is 0 Å². The molecule has 20 heavy (non-hydrogen) atoms. The molecule has 1 atom stereocenters. The van der Waals surface area contributed by atoms with Gasteiger partial charge in [0.15, 0.2) is 0 Å². The fourth-order valence-electron chi connectivity index (χ4n) is 1.66. The minimum atomic E-state index is -0.878. The fourth-order valence-corrected chi connectivity index (χ4v) is 2.66. The number of halogens is 1. The van der Waals surface area contributed by atoms with Crippen molar-refractivity contribution in [2.45, 2.75) is 19.6 Å². The second kappa shape index (κ2) is 6.29. The first kappa shape index (κ1) is 14.9. The molecule has 1 N–H and O–H groups in total. The Morgan fingerprint density at radius 3 is 2.90 bits per heavy atom. The topological polar surface area (TPSA) is 85.5 Å². The maximum atomic E-state index is 11.1. The number of thiazole rings is 1. The van der Waals surface area contributed by atoms with Gasteiger partial charge >= 0.3 is 5.69 Å². The number of nitro benzene ring substituents is 1. The molecule has 0 aliphatic carbocycles. The number of ether oxygens (including phenoxy) is 1. The zero-order valence-corrected chi connectivity index (χ0v) is 12.8. The van der Waals surface area contributed by atoms with Crippen LogP contribution < -0.4 is 4.74 Å². The van der Waals surface area contributed by atoms with E-state index in [0.717, 1.165) is 0 Å². The summed E-state index contributed by atoms with van der Waals surface area (Å²) in [6.07, 6.45) is -0.878. The Bertz CT molecular complexity index is 616. The molecule has 8 heteroatoms. The van der Waals surface area contributed by atoms with Crippen LogP contribution in [0.4, 0.5) is 5.69 Å². The summed E-state index contributed by atoms with van der Waals surface area (Å²) in [6.45, 7) is 1.65. The molecule has 6 nitrogen and oxygen atoms in total. The summed E-state index contributed by atoms with van der Waals surface area (Å²) < 4.78 is 6.03. The second-order valence-electron chi connectivity index (χ2n) is 4.04. The highest BCUT2D eigenvalue weighted by Gasteiger charge is 2.23. The average molecular weight is 359 g/mol. The van der Waals surface area contributed by atoms with Crippen molar-refractivity contribution < 1.29 is 14.8 Å². The van der Waals surface area contributed by atoms with E-state index in [4.69, 9.17) is 4.74 Å². The van der Waals surface area contributed by atoms with Gasteiger partial charge in [-0.15, -0.1) is 11.3 Å². The zero-order valence-electron chi connectivity index (χ0n) is 10.4. The number of aliphatic hydroxyl groups excluding tert-OH is 1. The van der Waals surface area contributed by atoms with Gasteiger partial charge in [-0.25, -0.2) is 4.98 Å². The first-order valence-electron chi connectivity index (χ1n) is 5.64. The minimum Gasteiger partial charge on any atom is -0.480 e. The molecule has 0 aliphatic heterocycles. The van der Waals surface area contributed by atoms with Gasteiger partial charge in [0.1, 0.15) is 6.61 Å². The number of rotatable bonds is 5. The average Bonchev–Trinajstić information content (AvgIpc) is 2.89. The number of nitro groups is 1. The van der Waals surface area contributed by atoms with Gasteiger partial charge in [-0.05, 0) is 13.0 Å².